The van der Waals surface area contributed by atoms with E-state index >= 15 is 0 Å². The number of nitrogens with zero attached hydrogens (tertiary/aromatic N) is 3. The van der Waals surface area contributed by atoms with Crippen LogP contribution in [0.15, 0.2) is 0 Å². The van der Waals surface area contributed by atoms with Gasteiger partial charge in [0.2, 0.25) is 11.9 Å². The minimum atomic E-state index is 0.0355. The largest absolute Gasteiger partial charge is 0.295 e. The quantitative estimate of drug-likeness (QED) is 0.639. The second-order valence-electron chi connectivity index (χ2n) is 3.21. The van der Waals surface area contributed by atoms with Crippen molar-refractivity contribution in [3.8, 4) is 0 Å². The van der Waals surface area contributed by atoms with Gasteiger partial charge in [0.15, 0.2) is 0 Å². The molecule has 0 saturated heterocycles. The third-order valence-electron chi connectivity index (χ3n) is 2.05. The Labute approximate surface area is 76.2 Å². The Morgan fingerprint density at radius 2 is 2.31 bits per heavy atom. The van der Waals surface area contributed by atoms with Gasteiger partial charge in [-0.3, -0.25) is 10.1 Å². The third kappa shape index (κ3) is 1.68. The molecule has 1 N–H and O–H groups in total. The first-order valence-electron chi connectivity index (χ1n) is 4.47. The minimum Gasteiger partial charge on any atom is -0.295 e. The average molecular weight is 180 g/mol. The Morgan fingerprint density at radius 3 is 3.15 bits per heavy atom. The van der Waals surface area contributed by atoms with Crippen molar-refractivity contribution in [2.75, 3.05) is 5.32 Å². The molecule has 1 aliphatic rings. The van der Waals surface area contributed by atoms with Gasteiger partial charge in [0, 0.05) is 13.0 Å². The van der Waals surface area contributed by atoms with Crippen LogP contribution in [0, 0.1) is 6.92 Å². The standard InChI is InChI=1S/C8H12N4O/c1-6-9-8-10-7(13)4-2-3-5-12(8)11-6/h2-5H2,1H3,(H,9,10,11,13). The van der Waals surface area contributed by atoms with E-state index in [9.17, 15) is 4.79 Å². The van der Waals surface area contributed by atoms with E-state index in [-0.39, 0.29) is 5.91 Å². The lowest BCUT2D eigenvalue weighted by Crippen LogP contribution is -2.19. The minimum absolute atomic E-state index is 0.0355. The molecule has 0 radical (unpaired) electrons. The second kappa shape index (κ2) is 3.16. The third-order valence-corrected chi connectivity index (χ3v) is 2.05. The maximum absolute atomic E-state index is 11.2. The number of amides is 1. The van der Waals surface area contributed by atoms with Crippen LogP contribution in [-0.4, -0.2) is 20.7 Å². The van der Waals surface area contributed by atoms with E-state index < -0.39 is 0 Å². The predicted molar refractivity (Wildman–Crippen MR) is 47.2 cm³/mol. The van der Waals surface area contributed by atoms with E-state index in [4.69, 9.17) is 0 Å². The highest BCUT2D eigenvalue weighted by atomic mass is 16.1. The SMILES string of the molecule is Cc1nc2n(n1)CCCCC(=O)N2. The van der Waals surface area contributed by atoms with Crippen LogP contribution in [0.3, 0.4) is 0 Å². The van der Waals surface area contributed by atoms with Gasteiger partial charge in [-0.05, 0) is 19.8 Å². The highest BCUT2D eigenvalue weighted by molar-refractivity contribution is 5.89. The number of carbonyl (C=O) groups is 1. The molecule has 1 amide bonds. The van der Waals surface area contributed by atoms with Crippen molar-refractivity contribution in [3.05, 3.63) is 5.82 Å². The Kier molecular flexibility index (Phi) is 2.00. The summed E-state index contributed by atoms with van der Waals surface area (Å²) in [7, 11) is 0. The lowest BCUT2D eigenvalue weighted by molar-refractivity contribution is -0.116. The van der Waals surface area contributed by atoms with E-state index in [0.717, 1.165) is 19.4 Å². The van der Waals surface area contributed by atoms with Gasteiger partial charge in [-0.15, -0.1) is 0 Å². The Morgan fingerprint density at radius 1 is 1.46 bits per heavy atom. The summed E-state index contributed by atoms with van der Waals surface area (Å²) in [4.78, 5) is 15.3. The van der Waals surface area contributed by atoms with E-state index in [1.165, 1.54) is 0 Å². The van der Waals surface area contributed by atoms with Crippen LogP contribution in [0.1, 0.15) is 25.1 Å². The molecule has 1 aliphatic heterocycles. The van der Waals surface area contributed by atoms with Crippen molar-refractivity contribution in [1.82, 2.24) is 14.8 Å². The lowest BCUT2D eigenvalue weighted by atomic mass is 10.2. The second-order valence-corrected chi connectivity index (χ2v) is 3.21. The van der Waals surface area contributed by atoms with Gasteiger partial charge in [0.25, 0.3) is 0 Å². The molecule has 2 heterocycles. The lowest BCUT2D eigenvalue weighted by Gasteiger charge is -2.10. The number of fused-ring (bicyclic) bond motifs is 1. The van der Waals surface area contributed by atoms with Gasteiger partial charge >= 0.3 is 0 Å². The molecule has 0 atom stereocenters. The van der Waals surface area contributed by atoms with Gasteiger partial charge in [0.05, 0.1) is 0 Å². The first-order valence-corrected chi connectivity index (χ1v) is 4.47. The fourth-order valence-corrected chi connectivity index (χ4v) is 1.44. The molecule has 0 saturated carbocycles. The van der Waals surface area contributed by atoms with Crippen molar-refractivity contribution < 1.29 is 4.79 Å². The number of hydrogen-bond donors (Lipinski definition) is 1. The Hall–Kier alpha value is -1.39. The van der Waals surface area contributed by atoms with E-state index in [1.54, 1.807) is 4.68 Å². The molecule has 5 nitrogen and oxygen atoms in total. The smallest absolute Gasteiger partial charge is 0.228 e. The van der Waals surface area contributed by atoms with Crippen molar-refractivity contribution >= 4 is 11.9 Å². The maximum Gasteiger partial charge on any atom is 0.228 e. The number of anilines is 1. The summed E-state index contributed by atoms with van der Waals surface area (Å²) in [5.74, 6) is 1.33. The molecule has 0 bridgehead atoms. The zero-order valence-electron chi connectivity index (χ0n) is 7.58. The van der Waals surface area contributed by atoms with Crippen LogP contribution in [0.4, 0.5) is 5.95 Å². The zero-order chi connectivity index (χ0) is 9.26. The van der Waals surface area contributed by atoms with Crippen molar-refractivity contribution in [2.45, 2.75) is 32.7 Å². The first-order chi connectivity index (χ1) is 6.25. The van der Waals surface area contributed by atoms with Gasteiger partial charge in [-0.1, -0.05) is 0 Å². The molecule has 13 heavy (non-hydrogen) atoms. The molecule has 0 aliphatic carbocycles. The summed E-state index contributed by atoms with van der Waals surface area (Å²) in [5.41, 5.74) is 0. The van der Waals surface area contributed by atoms with Crippen molar-refractivity contribution in [3.63, 3.8) is 0 Å². The van der Waals surface area contributed by atoms with Crippen LogP contribution in [-0.2, 0) is 11.3 Å². The van der Waals surface area contributed by atoms with Crippen LogP contribution in [0.25, 0.3) is 0 Å². The van der Waals surface area contributed by atoms with Crippen LogP contribution in [0.2, 0.25) is 0 Å². The number of aryl methyl sites for hydroxylation is 2. The fraction of sp³-hybridized carbons (Fsp3) is 0.625. The number of aromatic nitrogens is 3. The molecular formula is C8H12N4O. The normalized spacial score (nSPS) is 17.2. The Bertz CT molecular complexity index is 331. The summed E-state index contributed by atoms with van der Waals surface area (Å²) < 4.78 is 1.76. The maximum atomic E-state index is 11.2. The average Bonchev–Trinajstić information content (AvgIpc) is 2.36. The highest BCUT2D eigenvalue weighted by Gasteiger charge is 2.13. The van der Waals surface area contributed by atoms with Crippen LogP contribution < -0.4 is 5.32 Å². The molecule has 5 heteroatoms. The van der Waals surface area contributed by atoms with Crippen LogP contribution in [0.5, 0.6) is 0 Å². The highest BCUT2D eigenvalue weighted by Crippen LogP contribution is 2.11. The number of carbonyl (C=O) groups excluding carboxylic acids is 1. The summed E-state index contributed by atoms with van der Waals surface area (Å²) in [6, 6.07) is 0. The number of nitrogens with one attached hydrogen (secondary N) is 1. The van der Waals surface area contributed by atoms with E-state index in [2.05, 4.69) is 15.4 Å². The molecule has 1 aromatic rings. The number of hydrogen-bond acceptors (Lipinski definition) is 3. The summed E-state index contributed by atoms with van der Waals surface area (Å²) in [6.07, 6.45) is 2.50. The summed E-state index contributed by atoms with van der Waals surface area (Å²) in [6.45, 7) is 2.67. The van der Waals surface area contributed by atoms with Crippen LogP contribution >= 0.6 is 0 Å². The van der Waals surface area contributed by atoms with Crippen molar-refractivity contribution in [2.24, 2.45) is 0 Å². The van der Waals surface area contributed by atoms with Gasteiger partial charge < -0.3 is 0 Å². The molecule has 0 fully saturated rings. The first kappa shape index (κ1) is 8.22. The Balaban J connectivity index is 2.30. The van der Waals surface area contributed by atoms with Gasteiger partial charge in [-0.2, -0.15) is 10.1 Å². The van der Waals surface area contributed by atoms with Crippen molar-refractivity contribution in [1.29, 1.82) is 0 Å². The monoisotopic (exact) mass is 180 g/mol. The number of rotatable bonds is 0. The van der Waals surface area contributed by atoms with E-state index in [0.29, 0.717) is 18.2 Å². The van der Waals surface area contributed by atoms with E-state index in [1.807, 2.05) is 6.92 Å². The summed E-state index contributed by atoms with van der Waals surface area (Å²) >= 11 is 0. The van der Waals surface area contributed by atoms with Gasteiger partial charge in [0.1, 0.15) is 5.82 Å². The molecule has 0 aromatic carbocycles. The molecule has 70 valence electrons. The molecule has 2 rings (SSSR count). The summed E-state index contributed by atoms with van der Waals surface area (Å²) in [5, 5.41) is 6.91. The topological polar surface area (TPSA) is 59.8 Å². The predicted octanol–water partition coefficient (Wildman–Crippen LogP) is 0.709. The zero-order valence-corrected chi connectivity index (χ0v) is 7.58. The molecular weight excluding hydrogens is 168 g/mol. The molecule has 0 spiro atoms. The van der Waals surface area contributed by atoms with Gasteiger partial charge in [-0.25, -0.2) is 4.68 Å². The fourth-order valence-electron chi connectivity index (χ4n) is 1.44. The molecule has 0 unspecified atom stereocenters. The molecule has 1 aromatic heterocycles.